The molecule has 4 nitrogen and oxygen atoms in total. The monoisotopic (exact) mass is 239 g/mol. The number of furan rings is 1. The minimum atomic E-state index is 0.230. The average Bonchev–Trinajstić information content (AvgIpc) is 2.83. The maximum Gasteiger partial charge on any atom is 0.117 e. The average molecular weight is 239 g/mol. The fourth-order valence-electron chi connectivity index (χ4n) is 2.00. The molecule has 1 aliphatic heterocycles. The lowest BCUT2D eigenvalue weighted by Crippen LogP contribution is -2.32. The van der Waals surface area contributed by atoms with Gasteiger partial charge in [0.15, 0.2) is 0 Å². The van der Waals surface area contributed by atoms with Gasteiger partial charge in [0.25, 0.3) is 0 Å². The molecular formula is C13H21NO3. The van der Waals surface area contributed by atoms with Crippen LogP contribution >= 0.6 is 0 Å². The number of hydrogen-bond donors (Lipinski definition) is 1. The van der Waals surface area contributed by atoms with Crippen molar-refractivity contribution in [3.05, 3.63) is 24.2 Å². The maximum absolute atomic E-state index is 5.94. The Morgan fingerprint density at radius 3 is 3.00 bits per heavy atom. The second-order valence-corrected chi connectivity index (χ2v) is 4.47. The van der Waals surface area contributed by atoms with Gasteiger partial charge in [0.2, 0.25) is 0 Å². The quantitative estimate of drug-likeness (QED) is 0.824. The summed E-state index contributed by atoms with van der Waals surface area (Å²) in [7, 11) is 0. The van der Waals surface area contributed by atoms with E-state index in [2.05, 4.69) is 12.2 Å². The summed E-state index contributed by atoms with van der Waals surface area (Å²) < 4.78 is 16.5. The van der Waals surface area contributed by atoms with Gasteiger partial charge in [0.1, 0.15) is 5.76 Å². The topological polar surface area (TPSA) is 43.6 Å². The van der Waals surface area contributed by atoms with Crippen LogP contribution in [0.2, 0.25) is 0 Å². The normalized spacial score (nSPS) is 19.4. The zero-order valence-corrected chi connectivity index (χ0v) is 10.4. The van der Waals surface area contributed by atoms with Crippen molar-refractivity contribution < 1.29 is 13.9 Å². The smallest absolute Gasteiger partial charge is 0.117 e. The summed E-state index contributed by atoms with van der Waals surface area (Å²) in [6.07, 6.45) is 4.32. The summed E-state index contributed by atoms with van der Waals surface area (Å²) in [5.41, 5.74) is 0. The van der Waals surface area contributed by atoms with E-state index in [0.29, 0.717) is 6.10 Å². The second kappa shape index (κ2) is 6.79. The molecule has 2 rings (SSSR count). The molecule has 1 atom stereocenters. The molecule has 1 unspecified atom stereocenters. The van der Waals surface area contributed by atoms with Gasteiger partial charge in [-0.05, 0) is 31.9 Å². The van der Waals surface area contributed by atoms with Crippen molar-refractivity contribution in [3.63, 3.8) is 0 Å². The van der Waals surface area contributed by atoms with E-state index in [1.807, 2.05) is 12.1 Å². The van der Waals surface area contributed by atoms with Crippen LogP contribution in [0.3, 0.4) is 0 Å². The molecule has 4 heteroatoms. The Bertz CT molecular complexity index is 294. The standard InChI is InChI=1S/C13H21NO3/c1-11(17-12-4-7-15-8-5-12)9-14-10-13-3-2-6-16-13/h2-3,6,11-12,14H,4-5,7-10H2,1H3. The first-order chi connectivity index (χ1) is 8.34. The lowest BCUT2D eigenvalue weighted by Gasteiger charge is -2.26. The van der Waals surface area contributed by atoms with E-state index in [1.165, 1.54) is 0 Å². The lowest BCUT2D eigenvalue weighted by molar-refractivity contribution is -0.0613. The molecule has 1 aromatic heterocycles. The molecule has 0 amide bonds. The zero-order chi connectivity index (χ0) is 11.9. The molecule has 0 radical (unpaired) electrons. The van der Waals surface area contributed by atoms with Gasteiger partial charge < -0.3 is 19.2 Å². The van der Waals surface area contributed by atoms with E-state index >= 15 is 0 Å². The van der Waals surface area contributed by atoms with Gasteiger partial charge in [-0.3, -0.25) is 0 Å². The number of ether oxygens (including phenoxy) is 2. The summed E-state index contributed by atoms with van der Waals surface area (Å²) in [6.45, 7) is 5.37. The highest BCUT2D eigenvalue weighted by Crippen LogP contribution is 2.12. The third-order valence-corrected chi connectivity index (χ3v) is 2.90. The van der Waals surface area contributed by atoms with E-state index in [1.54, 1.807) is 6.26 Å². The largest absolute Gasteiger partial charge is 0.468 e. The predicted molar refractivity (Wildman–Crippen MR) is 64.8 cm³/mol. The SMILES string of the molecule is CC(CNCc1ccco1)OC1CCOCC1. The van der Waals surface area contributed by atoms with Crippen molar-refractivity contribution >= 4 is 0 Å². The Hall–Kier alpha value is -0.840. The predicted octanol–water partition coefficient (Wildman–Crippen LogP) is 1.95. The molecule has 0 bridgehead atoms. The number of rotatable bonds is 6. The van der Waals surface area contributed by atoms with Gasteiger partial charge >= 0.3 is 0 Å². The Kier molecular flexibility index (Phi) is 5.04. The van der Waals surface area contributed by atoms with Crippen molar-refractivity contribution in [1.29, 1.82) is 0 Å². The van der Waals surface area contributed by atoms with Gasteiger partial charge in [-0.2, -0.15) is 0 Å². The van der Waals surface area contributed by atoms with E-state index in [4.69, 9.17) is 13.9 Å². The third kappa shape index (κ3) is 4.50. The molecule has 1 fully saturated rings. The Morgan fingerprint density at radius 1 is 1.47 bits per heavy atom. The fourth-order valence-corrected chi connectivity index (χ4v) is 2.00. The lowest BCUT2D eigenvalue weighted by atomic mass is 10.1. The highest BCUT2D eigenvalue weighted by molar-refractivity contribution is 4.97. The van der Waals surface area contributed by atoms with Crippen LogP contribution in [0.1, 0.15) is 25.5 Å². The molecule has 96 valence electrons. The molecule has 0 aromatic carbocycles. The van der Waals surface area contributed by atoms with Crippen LogP contribution in [-0.4, -0.2) is 32.0 Å². The van der Waals surface area contributed by atoms with Gasteiger partial charge in [-0.15, -0.1) is 0 Å². The van der Waals surface area contributed by atoms with Crippen LogP contribution in [0, 0.1) is 0 Å². The first kappa shape index (κ1) is 12.6. The van der Waals surface area contributed by atoms with Crippen molar-refractivity contribution in [2.45, 2.75) is 38.5 Å². The van der Waals surface area contributed by atoms with E-state index < -0.39 is 0 Å². The van der Waals surface area contributed by atoms with Gasteiger partial charge in [0.05, 0.1) is 25.0 Å². The first-order valence-electron chi connectivity index (χ1n) is 6.31. The highest BCUT2D eigenvalue weighted by Gasteiger charge is 2.16. The van der Waals surface area contributed by atoms with E-state index in [-0.39, 0.29) is 6.10 Å². The summed E-state index contributed by atoms with van der Waals surface area (Å²) in [5.74, 6) is 0.961. The van der Waals surface area contributed by atoms with Crippen LogP contribution in [0.25, 0.3) is 0 Å². The van der Waals surface area contributed by atoms with E-state index in [0.717, 1.165) is 44.9 Å². The molecule has 17 heavy (non-hydrogen) atoms. The van der Waals surface area contributed by atoms with Gasteiger partial charge in [0, 0.05) is 19.8 Å². The molecule has 0 aliphatic carbocycles. The zero-order valence-electron chi connectivity index (χ0n) is 10.4. The third-order valence-electron chi connectivity index (χ3n) is 2.90. The number of hydrogen-bond acceptors (Lipinski definition) is 4. The van der Waals surface area contributed by atoms with Crippen molar-refractivity contribution in [2.24, 2.45) is 0 Å². The van der Waals surface area contributed by atoms with Crippen LogP contribution < -0.4 is 5.32 Å². The van der Waals surface area contributed by atoms with E-state index in [9.17, 15) is 0 Å². The second-order valence-electron chi connectivity index (χ2n) is 4.47. The summed E-state index contributed by atoms with van der Waals surface area (Å²) in [6, 6.07) is 3.87. The van der Waals surface area contributed by atoms with Gasteiger partial charge in [-0.1, -0.05) is 0 Å². The maximum atomic E-state index is 5.94. The molecule has 2 heterocycles. The Balaban J connectivity index is 1.58. The first-order valence-corrected chi connectivity index (χ1v) is 6.31. The summed E-state index contributed by atoms with van der Waals surface area (Å²) in [5, 5.41) is 3.33. The van der Waals surface area contributed by atoms with Crippen molar-refractivity contribution in [1.82, 2.24) is 5.32 Å². The molecule has 0 saturated carbocycles. The minimum absolute atomic E-state index is 0.230. The number of nitrogens with one attached hydrogen (secondary N) is 1. The van der Waals surface area contributed by atoms with Gasteiger partial charge in [-0.25, -0.2) is 0 Å². The summed E-state index contributed by atoms with van der Waals surface area (Å²) in [4.78, 5) is 0. The van der Waals surface area contributed by atoms with Crippen LogP contribution in [0.15, 0.2) is 22.8 Å². The van der Waals surface area contributed by atoms with Crippen LogP contribution in [-0.2, 0) is 16.0 Å². The molecule has 1 N–H and O–H groups in total. The minimum Gasteiger partial charge on any atom is -0.468 e. The molecule has 0 spiro atoms. The Morgan fingerprint density at radius 2 is 2.29 bits per heavy atom. The fraction of sp³-hybridized carbons (Fsp3) is 0.692. The molecule has 1 aromatic rings. The summed E-state index contributed by atoms with van der Waals surface area (Å²) >= 11 is 0. The molecular weight excluding hydrogens is 218 g/mol. The molecule has 1 aliphatic rings. The Labute approximate surface area is 102 Å². The van der Waals surface area contributed by atoms with Crippen molar-refractivity contribution in [3.8, 4) is 0 Å². The van der Waals surface area contributed by atoms with Crippen LogP contribution in [0.4, 0.5) is 0 Å². The van der Waals surface area contributed by atoms with Crippen molar-refractivity contribution in [2.75, 3.05) is 19.8 Å². The van der Waals surface area contributed by atoms with Crippen LogP contribution in [0.5, 0.6) is 0 Å². The highest BCUT2D eigenvalue weighted by atomic mass is 16.5. The molecule has 1 saturated heterocycles.